The SMILES string of the molecule is COCCOc1cc(F)c2c(c1)OCC2N. The molecule has 0 fully saturated rings. The van der Waals surface area contributed by atoms with Crippen LogP contribution in [0.2, 0.25) is 0 Å². The zero-order valence-electron chi connectivity index (χ0n) is 9.03. The monoisotopic (exact) mass is 227 g/mol. The molecule has 2 rings (SSSR count). The molecule has 0 aromatic heterocycles. The summed E-state index contributed by atoms with van der Waals surface area (Å²) < 4.78 is 29.0. The first-order valence-electron chi connectivity index (χ1n) is 5.06. The maximum atomic E-state index is 13.6. The maximum Gasteiger partial charge on any atom is 0.135 e. The number of hydrogen-bond donors (Lipinski definition) is 1. The molecule has 16 heavy (non-hydrogen) atoms. The van der Waals surface area contributed by atoms with Gasteiger partial charge in [0.15, 0.2) is 0 Å². The topological polar surface area (TPSA) is 53.7 Å². The van der Waals surface area contributed by atoms with Gasteiger partial charge < -0.3 is 19.9 Å². The molecule has 0 bridgehead atoms. The Morgan fingerprint density at radius 2 is 2.31 bits per heavy atom. The van der Waals surface area contributed by atoms with E-state index in [9.17, 15) is 4.39 Å². The first kappa shape index (κ1) is 11.2. The third-order valence-electron chi connectivity index (χ3n) is 2.41. The Balaban J connectivity index is 2.15. The zero-order valence-corrected chi connectivity index (χ0v) is 9.03. The van der Waals surface area contributed by atoms with Crippen LogP contribution in [0.1, 0.15) is 11.6 Å². The van der Waals surface area contributed by atoms with Crippen molar-refractivity contribution in [3.63, 3.8) is 0 Å². The third kappa shape index (κ3) is 2.10. The molecule has 1 atom stereocenters. The van der Waals surface area contributed by atoms with Gasteiger partial charge in [0.2, 0.25) is 0 Å². The largest absolute Gasteiger partial charge is 0.491 e. The summed E-state index contributed by atoms with van der Waals surface area (Å²) >= 11 is 0. The molecule has 2 N–H and O–H groups in total. The lowest BCUT2D eigenvalue weighted by Crippen LogP contribution is -2.12. The standard InChI is InChI=1S/C11H14FNO3/c1-14-2-3-15-7-4-8(12)11-9(13)6-16-10(11)5-7/h4-5,9H,2-3,6,13H2,1H3. The second-order valence-corrected chi connectivity index (χ2v) is 3.58. The van der Waals surface area contributed by atoms with Crippen LogP contribution in [0.3, 0.4) is 0 Å². The molecule has 0 saturated carbocycles. The van der Waals surface area contributed by atoms with Crippen LogP contribution in [0.25, 0.3) is 0 Å². The Labute approximate surface area is 93.1 Å². The van der Waals surface area contributed by atoms with Crippen molar-refractivity contribution in [3.05, 3.63) is 23.5 Å². The van der Waals surface area contributed by atoms with Gasteiger partial charge in [0.05, 0.1) is 18.2 Å². The Hall–Kier alpha value is -1.33. The van der Waals surface area contributed by atoms with Crippen LogP contribution < -0.4 is 15.2 Å². The quantitative estimate of drug-likeness (QED) is 0.786. The first-order chi connectivity index (χ1) is 7.72. The van der Waals surface area contributed by atoms with Gasteiger partial charge in [0, 0.05) is 19.2 Å². The molecular weight excluding hydrogens is 213 g/mol. The highest BCUT2D eigenvalue weighted by molar-refractivity contribution is 5.45. The van der Waals surface area contributed by atoms with Crippen molar-refractivity contribution in [2.45, 2.75) is 6.04 Å². The highest BCUT2D eigenvalue weighted by Gasteiger charge is 2.25. The smallest absolute Gasteiger partial charge is 0.135 e. The Morgan fingerprint density at radius 3 is 3.06 bits per heavy atom. The van der Waals surface area contributed by atoms with Crippen LogP contribution >= 0.6 is 0 Å². The number of nitrogens with two attached hydrogens (primary N) is 1. The lowest BCUT2D eigenvalue weighted by molar-refractivity contribution is 0.146. The Bertz CT molecular complexity index is 384. The molecule has 4 nitrogen and oxygen atoms in total. The minimum absolute atomic E-state index is 0.313. The van der Waals surface area contributed by atoms with Gasteiger partial charge in [-0.15, -0.1) is 0 Å². The predicted molar refractivity (Wildman–Crippen MR) is 56.2 cm³/mol. The van der Waals surface area contributed by atoms with E-state index in [0.717, 1.165) is 0 Å². The molecule has 0 radical (unpaired) electrons. The number of fused-ring (bicyclic) bond motifs is 1. The number of rotatable bonds is 4. The van der Waals surface area contributed by atoms with E-state index in [1.165, 1.54) is 6.07 Å². The first-order valence-corrected chi connectivity index (χ1v) is 5.06. The van der Waals surface area contributed by atoms with Crippen LogP contribution in [0.15, 0.2) is 12.1 Å². The lowest BCUT2D eigenvalue weighted by atomic mass is 10.1. The van der Waals surface area contributed by atoms with Crippen molar-refractivity contribution in [3.8, 4) is 11.5 Å². The van der Waals surface area contributed by atoms with Crippen molar-refractivity contribution >= 4 is 0 Å². The van der Waals surface area contributed by atoms with E-state index in [-0.39, 0.29) is 11.9 Å². The van der Waals surface area contributed by atoms with Crippen molar-refractivity contribution in [1.29, 1.82) is 0 Å². The van der Waals surface area contributed by atoms with Crippen LogP contribution in [0, 0.1) is 5.82 Å². The minimum atomic E-state index is -0.386. The van der Waals surface area contributed by atoms with Crippen molar-refractivity contribution in [2.75, 3.05) is 26.9 Å². The summed E-state index contributed by atoms with van der Waals surface area (Å²) in [6.45, 7) is 1.15. The second kappa shape index (κ2) is 4.67. The summed E-state index contributed by atoms with van der Waals surface area (Å²) in [5.41, 5.74) is 6.12. The number of benzene rings is 1. The van der Waals surface area contributed by atoms with Crippen molar-refractivity contribution < 1.29 is 18.6 Å². The number of methoxy groups -OCH3 is 1. The summed E-state index contributed by atoms with van der Waals surface area (Å²) in [4.78, 5) is 0. The van der Waals surface area contributed by atoms with E-state index in [1.807, 2.05) is 0 Å². The third-order valence-corrected chi connectivity index (χ3v) is 2.41. The highest BCUT2D eigenvalue weighted by Crippen LogP contribution is 2.36. The van der Waals surface area contributed by atoms with Gasteiger partial charge in [0.25, 0.3) is 0 Å². The molecular formula is C11H14FNO3. The summed E-state index contributed by atoms with van der Waals surface area (Å²) in [5.74, 6) is 0.525. The number of hydrogen-bond acceptors (Lipinski definition) is 4. The van der Waals surface area contributed by atoms with Crippen LogP contribution in [-0.2, 0) is 4.74 Å². The van der Waals surface area contributed by atoms with Gasteiger partial charge in [-0.2, -0.15) is 0 Å². The Morgan fingerprint density at radius 1 is 1.50 bits per heavy atom. The molecule has 1 aliphatic rings. The van der Waals surface area contributed by atoms with E-state index in [2.05, 4.69) is 0 Å². The Kier molecular flexibility index (Phi) is 3.26. The predicted octanol–water partition coefficient (Wildman–Crippen LogP) is 1.24. The fourth-order valence-corrected chi connectivity index (χ4v) is 1.64. The zero-order chi connectivity index (χ0) is 11.5. The minimum Gasteiger partial charge on any atom is -0.491 e. The molecule has 1 aromatic rings. The number of ether oxygens (including phenoxy) is 3. The molecule has 1 heterocycles. The summed E-state index contributed by atoms with van der Waals surface area (Å²) in [7, 11) is 1.58. The highest BCUT2D eigenvalue weighted by atomic mass is 19.1. The molecule has 0 amide bonds. The molecule has 5 heteroatoms. The van der Waals surface area contributed by atoms with Gasteiger partial charge in [-0.1, -0.05) is 0 Å². The van der Waals surface area contributed by atoms with Gasteiger partial charge in [-0.3, -0.25) is 0 Å². The molecule has 0 saturated heterocycles. The number of halogens is 1. The van der Waals surface area contributed by atoms with Crippen molar-refractivity contribution in [1.82, 2.24) is 0 Å². The summed E-state index contributed by atoms with van der Waals surface area (Å²) in [6.07, 6.45) is 0. The van der Waals surface area contributed by atoms with E-state index in [4.69, 9.17) is 19.9 Å². The van der Waals surface area contributed by atoms with E-state index >= 15 is 0 Å². The van der Waals surface area contributed by atoms with Crippen LogP contribution in [0.5, 0.6) is 11.5 Å². The van der Waals surface area contributed by atoms with Gasteiger partial charge in [-0.05, 0) is 0 Å². The second-order valence-electron chi connectivity index (χ2n) is 3.58. The molecule has 1 aliphatic heterocycles. The summed E-state index contributed by atoms with van der Waals surface area (Å²) in [5, 5.41) is 0. The van der Waals surface area contributed by atoms with Crippen LogP contribution in [-0.4, -0.2) is 26.9 Å². The van der Waals surface area contributed by atoms with E-state index in [0.29, 0.717) is 36.9 Å². The molecule has 1 unspecified atom stereocenters. The normalized spacial score (nSPS) is 18.1. The molecule has 0 spiro atoms. The average Bonchev–Trinajstić information content (AvgIpc) is 2.61. The van der Waals surface area contributed by atoms with E-state index in [1.54, 1.807) is 13.2 Å². The molecule has 0 aliphatic carbocycles. The average molecular weight is 227 g/mol. The lowest BCUT2D eigenvalue weighted by Gasteiger charge is -2.08. The van der Waals surface area contributed by atoms with Crippen molar-refractivity contribution in [2.24, 2.45) is 5.73 Å². The van der Waals surface area contributed by atoms with Crippen LogP contribution in [0.4, 0.5) is 4.39 Å². The van der Waals surface area contributed by atoms with Gasteiger partial charge >= 0.3 is 0 Å². The van der Waals surface area contributed by atoms with Gasteiger partial charge in [-0.25, -0.2) is 4.39 Å². The van der Waals surface area contributed by atoms with Gasteiger partial charge in [0.1, 0.15) is 30.5 Å². The maximum absolute atomic E-state index is 13.6. The molecule has 1 aromatic carbocycles. The van der Waals surface area contributed by atoms with E-state index < -0.39 is 0 Å². The molecule has 88 valence electrons. The fourth-order valence-electron chi connectivity index (χ4n) is 1.64. The summed E-state index contributed by atoms with van der Waals surface area (Å²) in [6, 6.07) is 2.59. The fraction of sp³-hybridized carbons (Fsp3) is 0.455.